The Morgan fingerprint density at radius 1 is 0.833 bits per heavy atom. The molecule has 5 heteroatoms. The molecule has 0 atom stereocenters. The van der Waals surface area contributed by atoms with E-state index in [0.717, 1.165) is 11.4 Å². The number of nitrogens with zero attached hydrogens (tertiary/aromatic N) is 3. The Morgan fingerprint density at radius 2 is 1.39 bits per heavy atom. The van der Waals surface area contributed by atoms with E-state index in [-0.39, 0.29) is 6.40 Å². The first-order valence-electron chi connectivity index (χ1n) is 5.72. The van der Waals surface area contributed by atoms with Crippen LogP contribution in [-0.2, 0) is 0 Å². The van der Waals surface area contributed by atoms with Crippen LogP contribution in [0.3, 0.4) is 0 Å². The van der Waals surface area contributed by atoms with Gasteiger partial charge < -0.3 is 4.81 Å². The average Bonchev–Trinajstić information content (AvgIpc) is 2.83. The highest BCUT2D eigenvalue weighted by Gasteiger charge is 2.34. The van der Waals surface area contributed by atoms with Gasteiger partial charge in [-0.05, 0) is 24.3 Å². The summed E-state index contributed by atoms with van der Waals surface area (Å²) >= 11 is 6.44. The van der Waals surface area contributed by atoms with Gasteiger partial charge in [0.1, 0.15) is 6.34 Å². The minimum absolute atomic E-state index is 0.338. The minimum Gasteiger partial charge on any atom is -0.340 e. The number of benzene rings is 2. The first-order valence-corrected chi connectivity index (χ1v) is 6.16. The number of hydrogen-bond donors (Lipinski definition) is 0. The van der Waals surface area contributed by atoms with Gasteiger partial charge in [-0.15, -0.1) is 11.5 Å². The lowest BCUT2D eigenvalue weighted by Crippen LogP contribution is -2.40. The van der Waals surface area contributed by atoms with Crippen molar-refractivity contribution in [1.82, 2.24) is 0 Å². The van der Waals surface area contributed by atoms with E-state index in [1.807, 2.05) is 65.5 Å². The highest BCUT2D eigenvalue weighted by molar-refractivity contribution is 7.12. The summed E-state index contributed by atoms with van der Waals surface area (Å²) in [6.45, 7) is 0. The molecule has 0 saturated carbocycles. The van der Waals surface area contributed by atoms with Crippen molar-refractivity contribution >= 4 is 35.6 Å². The summed E-state index contributed by atoms with van der Waals surface area (Å²) in [6.07, 6.45) is 1.41. The molecule has 0 radical (unpaired) electrons. The van der Waals surface area contributed by atoms with Crippen LogP contribution in [0, 0.1) is 0 Å². The molecule has 3 rings (SSSR count). The molecule has 1 aliphatic heterocycles. The smallest absolute Gasteiger partial charge is 0.340 e. The van der Waals surface area contributed by atoms with Gasteiger partial charge in [0.25, 0.3) is 0 Å². The highest BCUT2D eigenvalue weighted by Crippen LogP contribution is 2.26. The maximum atomic E-state index is 6.44. The average molecular weight is 256 g/mol. The molecule has 0 aliphatic carbocycles. The Bertz CT molecular complexity index is 497. The molecule has 0 bridgehead atoms. The van der Waals surface area contributed by atoms with E-state index in [1.165, 1.54) is 0 Å². The van der Waals surface area contributed by atoms with Crippen LogP contribution in [0.25, 0.3) is 0 Å². The summed E-state index contributed by atoms with van der Waals surface area (Å²) in [5.74, 6) is 0. The molecular weight excluding hydrogens is 244 g/mol. The highest BCUT2D eigenvalue weighted by atomic mass is 35.5. The molecule has 1 aliphatic rings. The molecule has 2 aromatic rings. The zero-order chi connectivity index (χ0) is 12.4. The van der Waals surface area contributed by atoms with Crippen LogP contribution in [0.2, 0.25) is 0 Å². The van der Waals surface area contributed by atoms with E-state index in [1.54, 1.807) is 11.3 Å². The quantitative estimate of drug-likeness (QED) is 0.768. The molecule has 1 heterocycles. The summed E-state index contributed by atoms with van der Waals surface area (Å²) in [6, 6.07) is 19.9. The van der Waals surface area contributed by atoms with Crippen LogP contribution in [-0.4, -0.2) is 12.7 Å². The van der Waals surface area contributed by atoms with Crippen LogP contribution in [0.5, 0.6) is 0 Å². The van der Waals surface area contributed by atoms with Gasteiger partial charge in [-0.25, -0.2) is 0 Å². The molecule has 0 N–H and O–H groups in total. The number of halogens is 1. The second kappa shape index (κ2) is 4.74. The summed E-state index contributed by atoms with van der Waals surface area (Å²) in [7, 11) is 0. The lowest BCUT2D eigenvalue weighted by atomic mass is 10.0. The number of hydrogen-bond acceptors (Lipinski definition) is 3. The first-order chi connectivity index (χ1) is 8.86. The molecule has 88 valence electrons. The predicted octanol–water partition coefficient (Wildman–Crippen LogP) is 3.18. The molecule has 0 saturated heterocycles. The normalized spacial score (nSPS) is 14.4. The van der Waals surface area contributed by atoms with E-state index >= 15 is 0 Å². The van der Waals surface area contributed by atoms with E-state index in [0.29, 0.717) is 0 Å². The molecule has 2 aromatic carbocycles. The van der Waals surface area contributed by atoms with E-state index in [9.17, 15) is 0 Å². The predicted molar refractivity (Wildman–Crippen MR) is 77.9 cm³/mol. The third-order valence-electron chi connectivity index (χ3n) is 2.81. The van der Waals surface area contributed by atoms with Crippen LogP contribution < -0.4 is 9.73 Å². The third kappa shape index (κ3) is 1.95. The Balaban J connectivity index is 1.86. The van der Waals surface area contributed by atoms with Crippen molar-refractivity contribution in [2.75, 3.05) is 9.73 Å². The lowest BCUT2D eigenvalue weighted by Gasteiger charge is -2.21. The molecular formula is C13H11BClN3. The molecule has 18 heavy (non-hydrogen) atoms. The minimum atomic E-state index is -0.338. The van der Waals surface area contributed by atoms with Crippen LogP contribution >= 0.6 is 11.5 Å². The second-order valence-electron chi connectivity index (χ2n) is 3.96. The topological polar surface area (TPSA) is 18.8 Å². The fourth-order valence-electron chi connectivity index (χ4n) is 1.90. The fourth-order valence-corrected chi connectivity index (χ4v) is 2.23. The van der Waals surface area contributed by atoms with Crippen molar-refractivity contribution in [2.24, 2.45) is 5.10 Å². The van der Waals surface area contributed by atoms with Gasteiger partial charge >= 0.3 is 6.40 Å². The molecule has 0 unspecified atom stereocenters. The van der Waals surface area contributed by atoms with Crippen LogP contribution in [0.4, 0.5) is 11.4 Å². The first kappa shape index (κ1) is 11.2. The van der Waals surface area contributed by atoms with Gasteiger partial charge in [0.2, 0.25) is 0 Å². The number of para-hydroxylation sites is 2. The van der Waals surface area contributed by atoms with Crippen molar-refractivity contribution in [3.63, 3.8) is 0 Å². The summed E-state index contributed by atoms with van der Waals surface area (Å²) in [4.78, 5) is 3.71. The maximum absolute atomic E-state index is 6.44. The van der Waals surface area contributed by atoms with Crippen molar-refractivity contribution < 1.29 is 0 Å². The Hall–Kier alpha value is -1.94. The molecule has 0 spiro atoms. The largest absolute Gasteiger partial charge is 0.512 e. The van der Waals surface area contributed by atoms with Crippen molar-refractivity contribution in [3.05, 3.63) is 60.7 Å². The SMILES string of the molecule is ClB1N(c2ccccc2)C=NN1c1ccccc1. The van der Waals surface area contributed by atoms with Gasteiger partial charge in [0.05, 0.1) is 0 Å². The Kier molecular flexibility index (Phi) is 2.94. The molecule has 0 aromatic heterocycles. The van der Waals surface area contributed by atoms with Gasteiger partial charge in [-0.1, -0.05) is 36.4 Å². The lowest BCUT2D eigenvalue weighted by molar-refractivity contribution is 1.20. The van der Waals surface area contributed by atoms with Crippen LogP contribution in [0.1, 0.15) is 0 Å². The Labute approximate surface area is 111 Å². The van der Waals surface area contributed by atoms with Crippen molar-refractivity contribution in [1.29, 1.82) is 0 Å². The number of hydrazone groups is 1. The zero-order valence-corrected chi connectivity index (χ0v) is 10.4. The second-order valence-corrected chi connectivity index (χ2v) is 4.35. The monoisotopic (exact) mass is 255 g/mol. The summed E-state index contributed by atoms with van der Waals surface area (Å²) in [5, 5.41) is 4.35. The Morgan fingerprint density at radius 3 is 2.00 bits per heavy atom. The molecule has 3 nitrogen and oxygen atoms in total. The van der Waals surface area contributed by atoms with E-state index in [4.69, 9.17) is 11.5 Å². The number of rotatable bonds is 2. The summed E-state index contributed by atoms with van der Waals surface area (Å²) < 4.78 is 0. The molecule has 0 fully saturated rings. The standard InChI is InChI=1S/C13H11BClN3/c15-14-17(12-7-3-1-4-8-12)11-16-18(14)13-9-5-2-6-10-13/h1-11H. The number of anilines is 2. The van der Waals surface area contributed by atoms with Crippen molar-refractivity contribution in [2.45, 2.75) is 0 Å². The maximum Gasteiger partial charge on any atom is 0.512 e. The van der Waals surface area contributed by atoms with Gasteiger partial charge in [-0.2, -0.15) is 5.10 Å². The fraction of sp³-hybridized carbons (Fsp3) is 0. The third-order valence-corrected chi connectivity index (χ3v) is 3.20. The van der Waals surface area contributed by atoms with Gasteiger partial charge in [0.15, 0.2) is 0 Å². The van der Waals surface area contributed by atoms with Crippen molar-refractivity contribution in [3.8, 4) is 0 Å². The van der Waals surface area contributed by atoms with E-state index < -0.39 is 0 Å². The van der Waals surface area contributed by atoms with Gasteiger partial charge in [-0.3, -0.25) is 4.92 Å². The molecule has 0 amide bonds. The van der Waals surface area contributed by atoms with Gasteiger partial charge in [0, 0.05) is 11.4 Å². The van der Waals surface area contributed by atoms with E-state index in [2.05, 4.69) is 5.10 Å². The summed E-state index contributed by atoms with van der Waals surface area (Å²) in [5.41, 5.74) is 2.01. The van der Waals surface area contributed by atoms with Crippen LogP contribution in [0.15, 0.2) is 65.8 Å². The zero-order valence-electron chi connectivity index (χ0n) is 9.65.